The Bertz CT molecular complexity index is 260. The van der Waals surface area contributed by atoms with Gasteiger partial charge in [-0.3, -0.25) is 0 Å². The summed E-state index contributed by atoms with van der Waals surface area (Å²) in [5.74, 6) is 0. The van der Waals surface area contributed by atoms with Gasteiger partial charge in [0.25, 0.3) is 0 Å². The summed E-state index contributed by atoms with van der Waals surface area (Å²) < 4.78 is 0. The molecule has 0 saturated carbocycles. The van der Waals surface area contributed by atoms with E-state index in [1.54, 1.807) is 25.1 Å². The van der Waals surface area contributed by atoms with Crippen molar-refractivity contribution in [3.05, 3.63) is 28.8 Å². The van der Waals surface area contributed by atoms with E-state index in [-0.39, 0.29) is 0 Å². The molecule has 0 aliphatic rings. The third kappa shape index (κ3) is 1.85. The maximum Gasteiger partial charge on any atom is 0.0777 e. The van der Waals surface area contributed by atoms with Crippen LogP contribution in [-0.4, -0.2) is 5.11 Å². The van der Waals surface area contributed by atoms with Crippen molar-refractivity contribution in [2.24, 2.45) is 0 Å². The first-order valence-corrected chi connectivity index (χ1v) is 3.72. The fraction of sp³-hybridized carbons (Fsp3) is 0.250. The number of hydrogen-bond acceptors (Lipinski definition) is 2. The van der Waals surface area contributed by atoms with Crippen molar-refractivity contribution >= 4 is 17.3 Å². The number of nitrogens with two attached hydrogens (primary N) is 1. The summed E-state index contributed by atoms with van der Waals surface area (Å²) in [6.45, 7) is 1.65. The third-order valence-electron chi connectivity index (χ3n) is 1.47. The van der Waals surface area contributed by atoms with Crippen LogP contribution in [0.15, 0.2) is 18.2 Å². The fourth-order valence-electron chi connectivity index (χ4n) is 0.882. The maximum atomic E-state index is 9.19. The molecule has 1 aromatic rings. The van der Waals surface area contributed by atoms with Gasteiger partial charge in [0, 0.05) is 16.3 Å². The molecular weight excluding hydrogens is 162 g/mol. The molecule has 0 saturated heterocycles. The highest BCUT2D eigenvalue weighted by Crippen LogP contribution is 2.24. The zero-order chi connectivity index (χ0) is 8.43. The molecule has 0 unspecified atom stereocenters. The standard InChI is InChI=1S/C8H10ClNO/c1-5(11)7-4-6(10)2-3-8(7)9/h2-5,11H,10H2,1H3/t5-/m0/s1. The van der Waals surface area contributed by atoms with Crippen molar-refractivity contribution < 1.29 is 5.11 Å². The normalized spacial score (nSPS) is 13.0. The van der Waals surface area contributed by atoms with E-state index in [0.717, 1.165) is 0 Å². The summed E-state index contributed by atoms with van der Waals surface area (Å²) in [5, 5.41) is 9.74. The maximum absolute atomic E-state index is 9.19. The molecule has 1 aromatic carbocycles. The van der Waals surface area contributed by atoms with Crippen molar-refractivity contribution in [2.75, 3.05) is 5.73 Å². The number of benzene rings is 1. The molecule has 1 rings (SSSR count). The lowest BCUT2D eigenvalue weighted by molar-refractivity contribution is 0.199. The van der Waals surface area contributed by atoms with E-state index in [9.17, 15) is 5.11 Å². The number of halogens is 1. The zero-order valence-electron chi connectivity index (χ0n) is 6.21. The first kappa shape index (κ1) is 8.37. The van der Waals surface area contributed by atoms with Crippen molar-refractivity contribution in [1.82, 2.24) is 0 Å². The van der Waals surface area contributed by atoms with E-state index in [4.69, 9.17) is 17.3 Å². The summed E-state index contributed by atoms with van der Waals surface area (Å²) in [6, 6.07) is 5.06. The predicted octanol–water partition coefficient (Wildman–Crippen LogP) is 1.98. The molecule has 0 heterocycles. The number of aliphatic hydroxyl groups excluding tert-OH is 1. The topological polar surface area (TPSA) is 46.2 Å². The highest BCUT2D eigenvalue weighted by molar-refractivity contribution is 6.31. The van der Waals surface area contributed by atoms with Crippen molar-refractivity contribution in [3.8, 4) is 0 Å². The average Bonchev–Trinajstić information content (AvgIpc) is 1.94. The van der Waals surface area contributed by atoms with Gasteiger partial charge in [0.1, 0.15) is 0 Å². The summed E-state index contributed by atoms with van der Waals surface area (Å²) in [6.07, 6.45) is -0.564. The van der Waals surface area contributed by atoms with Crippen LogP contribution in [0, 0.1) is 0 Å². The number of aliphatic hydroxyl groups is 1. The SMILES string of the molecule is C[C@H](O)c1cc(N)ccc1Cl. The van der Waals surface area contributed by atoms with E-state index in [1.807, 2.05) is 0 Å². The molecule has 3 N–H and O–H groups in total. The smallest absolute Gasteiger partial charge is 0.0777 e. The molecule has 0 aliphatic carbocycles. The molecule has 2 nitrogen and oxygen atoms in total. The van der Waals surface area contributed by atoms with E-state index in [0.29, 0.717) is 16.3 Å². The minimum absolute atomic E-state index is 0.550. The second-order valence-corrected chi connectivity index (χ2v) is 2.86. The zero-order valence-corrected chi connectivity index (χ0v) is 6.97. The Morgan fingerprint density at radius 3 is 2.64 bits per heavy atom. The molecule has 1 atom stereocenters. The van der Waals surface area contributed by atoms with Gasteiger partial charge in [-0.05, 0) is 25.1 Å². The first-order chi connectivity index (χ1) is 5.11. The van der Waals surface area contributed by atoms with Gasteiger partial charge in [-0.2, -0.15) is 0 Å². The minimum atomic E-state index is -0.564. The Kier molecular flexibility index (Phi) is 2.37. The van der Waals surface area contributed by atoms with Gasteiger partial charge < -0.3 is 10.8 Å². The van der Waals surface area contributed by atoms with Gasteiger partial charge in [-0.1, -0.05) is 11.6 Å². The van der Waals surface area contributed by atoms with E-state index >= 15 is 0 Å². The summed E-state index contributed by atoms with van der Waals surface area (Å²) in [5.41, 5.74) is 6.78. The second-order valence-electron chi connectivity index (χ2n) is 2.46. The van der Waals surface area contributed by atoms with Gasteiger partial charge in [0.15, 0.2) is 0 Å². The summed E-state index contributed by atoms with van der Waals surface area (Å²) in [7, 11) is 0. The molecule has 11 heavy (non-hydrogen) atoms. The lowest BCUT2D eigenvalue weighted by Gasteiger charge is -2.07. The van der Waals surface area contributed by atoms with Crippen LogP contribution in [-0.2, 0) is 0 Å². The highest BCUT2D eigenvalue weighted by atomic mass is 35.5. The molecule has 0 amide bonds. The van der Waals surface area contributed by atoms with E-state index in [2.05, 4.69) is 0 Å². The lowest BCUT2D eigenvalue weighted by atomic mass is 10.1. The van der Waals surface area contributed by atoms with Gasteiger partial charge in [-0.15, -0.1) is 0 Å². The largest absolute Gasteiger partial charge is 0.399 e. The van der Waals surface area contributed by atoms with Crippen LogP contribution in [0.25, 0.3) is 0 Å². The van der Waals surface area contributed by atoms with Gasteiger partial charge in [-0.25, -0.2) is 0 Å². The minimum Gasteiger partial charge on any atom is -0.399 e. The number of rotatable bonds is 1. The Hall–Kier alpha value is -0.730. The molecule has 0 spiro atoms. The third-order valence-corrected chi connectivity index (χ3v) is 1.81. The molecule has 0 aromatic heterocycles. The van der Waals surface area contributed by atoms with Gasteiger partial charge >= 0.3 is 0 Å². The predicted molar refractivity (Wildman–Crippen MR) is 46.5 cm³/mol. The van der Waals surface area contributed by atoms with Crippen LogP contribution in [0.3, 0.4) is 0 Å². The molecule has 0 aliphatic heterocycles. The quantitative estimate of drug-likeness (QED) is 0.635. The number of anilines is 1. The van der Waals surface area contributed by atoms with Crippen molar-refractivity contribution in [1.29, 1.82) is 0 Å². The molecule has 0 bridgehead atoms. The van der Waals surface area contributed by atoms with Crippen LogP contribution >= 0.6 is 11.6 Å². The molecule has 0 fully saturated rings. The van der Waals surface area contributed by atoms with Crippen molar-refractivity contribution in [3.63, 3.8) is 0 Å². The Morgan fingerprint density at radius 2 is 2.18 bits per heavy atom. The lowest BCUT2D eigenvalue weighted by Crippen LogP contribution is -1.94. The number of nitrogen functional groups attached to an aromatic ring is 1. The second kappa shape index (κ2) is 3.11. The summed E-state index contributed by atoms with van der Waals surface area (Å²) in [4.78, 5) is 0. The van der Waals surface area contributed by atoms with Gasteiger partial charge in [0.2, 0.25) is 0 Å². The van der Waals surface area contributed by atoms with Crippen LogP contribution in [0.2, 0.25) is 5.02 Å². The summed E-state index contributed by atoms with van der Waals surface area (Å²) >= 11 is 5.78. The van der Waals surface area contributed by atoms with Crippen LogP contribution < -0.4 is 5.73 Å². The Labute approximate surface area is 70.6 Å². The van der Waals surface area contributed by atoms with Gasteiger partial charge in [0.05, 0.1) is 6.10 Å². The highest BCUT2D eigenvalue weighted by Gasteiger charge is 2.05. The monoisotopic (exact) mass is 171 g/mol. The van der Waals surface area contributed by atoms with E-state index in [1.165, 1.54) is 0 Å². The molecule has 60 valence electrons. The number of hydrogen-bond donors (Lipinski definition) is 2. The molecular formula is C8H10ClNO. The Morgan fingerprint density at radius 1 is 1.55 bits per heavy atom. The van der Waals surface area contributed by atoms with Crippen molar-refractivity contribution in [2.45, 2.75) is 13.0 Å². The van der Waals surface area contributed by atoms with Crippen LogP contribution in [0.4, 0.5) is 5.69 Å². The first-order valence-electron chi connectivity index (χ1n) is 3.34. The van der Waals surface area contributed by atoms with Crippen LogP contribution in [0.5, 0.6) is 0 Å². The van der Waals surface area contributed by atoms with Crippen LogP contribution in [0.1, 0.15) is 18.6 Å². The van der Waals surface area contributed by atoms with E-state index < -0.39 is 6.10 Å². The Balaban J connectivity index is 3.13. The average molecular weight is 172 g/mol. The molecule has 3 heteroatoms. The molecule has 0 radical (unpaired) electrons. The fourth-order valence-corrected chi connectivity index (χ4v) is 1.16.